The summed E-state index contributed by atoms with van der Waals surface area (Å²) in [6.07, 6.45) is 32.4. The molecule has 82 heavy (non-hydrogen) atoms. The number of carbonyl (C=O) groups excluding carboxylic acids is 4. The third kappa shape index (κ3) is 55.9. The fourth-order valence-corrected chi connectivity index (χ4v) is 10.8. The predicted molar refractivity (Wildman–Crippen MR) is 326 cm³/mol. The molecule has 19 heteroatoms. The van der Waals surface area contributed by atoms with E-state index >= 15 is 0 Å². The molecule has 0 fully saturated rings. The zero-order valence-electron chi connectivity index (χ0n) is 53.1. The van der Waals surface area contributed by atoms with Crippen molar-refractivity contribution in [2.45, 2.75) is 318 Å². The highest BCUT2D eigenvalue weighted by Gasteiger charge is 2.30. The SMILES string of the molecule is CCC(C)CCCCCCCCC(=O)OC[C@H](COP(=O)(O)OC[C@@H](O)COP(=O)(O)OC[C@@H](COC(=O)CCCCCCCCC(C)C)OC(=O)CCCCCCCCC(C)C)OC(=O)CCCCCCCCCCCCCC(C)C. The van der Waals surface area contributed by atoms with Gasteiger partial charge in [0.15, 0.2) is 12.2 Å². The second-order valence-electron chi connectivity index (χ2n) is 24.5. The number of rotatable bonds is 60. The first-order valence-electron chi connectivity index (χ1n) is 32.7. The molecular formula is C63H122O17P2. The standard InChI is InChI=1S/C63H122O17P2/c1-9-56(8)42-34-26-19-22-28-36-44-61(66)74-49-58(79-62(67)45-37-29-16-14-12-10-11-13-15-23-31-39-53(2)3)51-77-81(69,70)75-47-57(64)48-76-82(71,72)78-52-59(80-63(68)46-38-30-21-18-25-33-41-55(6)7)50-73-60(65)43-35-27-20-17-24-32-40-54(4)5/h53-59,64H,9-52H2,1-8H3,(H,69,70)(H,71,72)/t56?,57-,58-,59-/m1/s1. The molecule has 0 saturated carbocycles. The molecule has 0 amide bonds. The van der Waals surface area contributed by atoms with Crippen molar-refractivity contribution in [2.75, 3.05) is 39.6 Å². The van der Waals surface area contributed by atoms with Gasteiger partial charge in [0.05, 0.1) is 26.4 Å². The summed E-state index contributed by atoms with van der Waals surface area (Å²) >= 11 is 0. The Balaban J connectivity index is 5.24. The van der Waals surface area contributed by atoms with Crippen LogP contribution in [0.5, 0.6) is 0 Å². The second-order valence-corrected chi connectivity index (χ2v) is 27.4. The van der Waals surface area contributed by atoms with Gasteiger partial charge in [0, 0.05) is 25.7 Å². The average molecular weight is 1210 g/mol. The molecular weight excluding hydrogens is 1090 g/mol. The Bertz CT molecular complexity index is 1650. The van der Waals surface area contributed by atoms with E-state index in [0.717, 1.165) is 115 Å². The first-order chi connectivity index (χ1) is 39.1. The molecule has 3 N–H and O–H groups in total. The monoisotopic (exact) mass is 1210 g/mol. The van der Waals surface area contributed by atoms with E-state index in [1.807, 2.05) is 0 Å². The molecule has 0 aliphatic rings. The van der Waals surface area contributed by atoms with Gasteiger partial charge in [-0.25, -0.2) is 9.13 Å². The highest BCUT2D eigenvalue weighted by atomic mass is 31.2. The molecule has 0 heterocycles. The molecule has 0 aromatic rings. The lowest BCUT2D eigenvalue weighted by Crippen LogP contribution is -2.30. The molecule has 0 aliphatic carbocycles. The maximum Gasteiger partial charge on any atom is 0.472 e. The van der Waals surface area contributed by atoms with Gasteiger partial charge in [0.2, 0.25) is 0 Å². The molecule has 0 aromatic carbocycles. The summed E-state index contributed by atoms with van der Waals surface area (Å²) in [6, 6.07) is 0. The maximum atomic E-state index is 13.0. The predicted octanol–water partition coefficient (Wildman–Crippen LogP) is 17.0. The molecule has 486 valence electrons. The van der Waals surface area contributed by atoms with Gasteiger partial charge >= 0.3 is 39.5 Å². The minimum absolute atomic E-state index is 0.100. The number of phosphoric ester groups is 2. The Labute approximate surface area is 498 Å². The number of aliphatic hydroxyl groups excluding tert-OH is 1. The normalized spacial score (nSPS) is 14.8. The van der Waals surface area contributed by atoms with Crippen molar-refractivity contribution in [3.05, 3.63) is 0 Å². The first kappa shape index (κ1) is 80.1. The third-order valence-electron chi connectivity index (χ3n) is 14.7. The fourth-order valence-electron chi connectivity index (χ4n) is 9.22. The van der Waals surface area contributed by atoms with Crippen LogP contribution < -0.4 is 0 Å². The van der Waals surface area contributed by atoms with E-state index in [1.54, 1.807) is 0 Å². The number of hydrogen-bond acceptors (Lipinski definition) is 15. The molecule has 0 spiro atoms. The Kier molecular flexibility index (Phi) is 52.0. The lowest BCUT2D eigenvalue weighted by atomic mass is 10.00. The zero-order chi connectivity index (χ0) is 61.1. The molecule has 0 saturated heterocycles. The van der Waals surface area contributed by atoms with Crippen LogP contribution in [0.3, 0.4) is 0 Å². The van der Waals surface area contributed by atoms with Gasteiger partial charge in [-0.15, -0.1) is 0 Å². The van der Waals surface area contributed by atoms with E-state index in [0.29, 0.717) is 37.5 Å². The molecule has 0 aliphatic heterocycles. The lowest BCUT2D eigenvalue weighted by Gasteiger charge is -2.21. The van der Waals surface area contributed by atoms with Crippen LogP contribution in [0.1, 0.15) is 299 Å². The van der Waals surface area contributed by atoms with E-state index in [9.17, 15) is 43.2 Å². The van der Waals surface area contributed by atoms with Crippen LogP contribution in [0.25, 0.3) is 0 Å². The van der Waals surface area contributed by atoms with E-state index in [2.05, 4.69) is 55.4 Å². The number of esters is 4. The van der Waals surface area contributed by atoms with Crippen molar-refractivity contribution in [2.24, 2.45) is 23.7 Å². The molecule has 0 aromatic heterocycles. The molecule has 17 nitrogen and oxygen atoms in total. The average Bonchev–Trinajstić information content (AvgIpc) is 3.42. The van der Waals surface area contributed by atoms with Crippen LogP contribution >= 0.6 is 15.6 Å². The van der Waals surface area contributed by atoms with Crippen molar-refractivity contribution in [1.29, 1.82) is 0 Å². The summed E-state index contributed by atoms with van der Waals surface area (Å²) in [5.74, 6) is 0.699. The maximum absolute atomic E-state index is 13.0. The number of phosphoric acid groups is 2. The van der Waals surface area contributed by atoms with Crippen LogP contribution in [0.4, 0.5) is 0 Å². The minimum atomic E-state index is -4.94. The Morgan fingerprint density at radius 3 is 0.866 bits per heavy atom. The smallest absolute Gasteiger partial charge is 0.462 e. The highest BCUT2D eigenvalue weighted by Crippen LogP contribution is 2.45. The van der Waals surface area contributed by atoms with Crippen LogP contribution in [-0.2, 0) is 65.4 Å². The third-order valence-corrected chi connectivity index (χ3v) is 16.6. The second kappa shape index (κ2) is 53.3. The lowest BCUT2D eigenvalue weighted by molar-refractivity contribution is -0.161. The van der Waals surface area contributed by atoms with Crippen LogP contribution in [-0.4, -0.2) is 96.7 Å². The van der Waals surface area contributed by atoms with E-state index < -0.39 is 97.5 Å². The highest BCUT2D eigenvalue weighted by molar-refractivity contribution is 7.47. The fraction of sp³-hybridized carbons (Fsp3) is 0.937. The summed E-state index contributed by atoms with van der Waals surface area (Å²) < 4.78 is 67.9. The summed E-state index contributed by atoms with van der Waals surface area (Å²) in [6.45, 7) is 13.9. The number of aliphatic hydroxyl groups is 1. The number of carbonyl (C=O) groups is 4. The number of unbranched alkanes of at least 4 members (excludes halogenated alkanes) is 25. The summed E-state index contributed by atoms with van der Waals surface area (Å²) in [5.41, 5.74) is 0. The number of hydrogen-bond donors (Lipinski definition) is 3. The van der Waals surface area contributed by atoms with Gasteiger partial charge < -0.3 is 33.8 Å². The Morgan fingerprint density at radius 2 is 0.585 bits per heavy atom. The number of ether oxygens (including phenoxy) is 4. The molecule has 3 unspecified atom stereocenters. The summed E-state index contributed by atoms with van der Waals surface area (Å²) in [7, 11) is -9.89. The topological polar surface area (TPSA) is 237 Å². The summed E-state index contributed by atoms with van der Waals surface area (Å²) in [5, 5.41) is 10.5. The molecule has 6 atom stereocenters. The van der Waals surface area contributed by atoms with Crippen molar-refractivity contribution >= 4 is 39.5 Å². The first-order valence-corrected chi connectivity index (χ1v) is 35.7. The largest absolute Gasteiger partial charge is 0.472 e. The molecule has 0 bridgehead atoms. The van der Waals surface area contributed by atoms with Crippen LogP contribution in [0, 0.1) is 23.7 Å². The Hall–Kier alpha value is -1.94. The zero-order valence-corrected chi connectivity index (χ0v) is 54.9. The van der Waals surface area contributed by atoms with Crippen molar-refractivity contribution in [1.82, 2.24) is 0 Å². The van der Waals surface area contributed by atoms with Gasteiger partial charge in [-0.2, -0.15) is 0 Å². The van der Waals surface area contributed by atoms with Crippen LogP contribution in [0.15, 0.2) is 0 Å². The van der Waals surface area contributed by atoms with Crippen molar-refractivity contribution in [3.63, 3.8) is 0 Å². The Morgan fingerprint density at radius 1 is 0.341 bits per heavy atom. The van der Waals surface area contributed by atoms with Gasteiger partial charge in [0.25, 0.3) is 0 Å². The van der Waals surface area contributed by atoms with Gasteiger partial charge in [-0.05, 0) is 49.4 Å². The van der Waals surface area contributed by atoms with Gasteiger partial charge in [0.1, 0.15) is 19.3 Å². The van der Waals surface area contributed by atoms with Crippen molar-refractivity contribution < 1.29 is 80.2 Å². The van der Waals surface area contributed by atoms with E-state index in [4.69, 9.17) is 37.0 Å². The summed E-state index contributed by atoms with van der Waals surface area (Å²) in [4.78, 5) is 72.1. The van der Waals surface area contributed by atoms with Gasteiger partial charge in [-0.3, -0.25) is 37.3 Å². The molecule has 0 radical (unpaired) electrons. The quantitative estimate of drug-likeness (QED) is 0.0222. The van der Waals surface area contributed by atoms with E-state index in [-0.39, 0.29) is 25.7 Å². The van der Waals surface area contributed by atoms with E-state index in [1.165, 1.54) is 89.9 Å². The molecule has 0 rings (SSSR count). The minimum Gasteiger partial charge on any atom is -0.462 e. The van der Waals surface area contributed by atoms with Crippen LogP contribution in [0.2, 0.25) is 0 Å². The van der Waals surface area contributed by atoms with Gasteiger partial charge in [-0.1, -0.05) is 248 Å². The van der Waals surface area contributed by atoms with Crippen molar-refractivity contribution in [3.8, 4) is 0 Å².